The van der Waals surface area contributed by atoms with Gasteiger partial charge in [-0.2, -0.15) is 0 Å². The van der Waals surface area contributed by atoms with Crippen LogP contribution >= 0.6 is 23.5 Å². The molecule has 0 bridgehead atoms. The first kappa shape index (κ1) is 21.1. The van der Waals surface area contributed by atoms with Gasteiger partial charge in [-0.25, -0.2) is 0 Å². The lowest BCUT2D eigenvalue weighted by Gasteiger charge is -2.29. The molecular weight excluding hydrogens is 392 g/mol. The van der Waals surface area contributed by atoms with E-state index < -0.39 is 29.8 Å². The quantitative estimate of drug-likeness (QED) is 0.610. The fraction of sp³-hybridized carbons (Fsp3) is 0.412. The van der Waals surface area contributed by atoms with E-state index in [1.807, 2.05) is 0 Å². The first-order chi connectivity index (χ1) is 12.8. The first-order valence-corrected chi connectivity index (χ1v) is 10.2. The molecule has 0 aliphatic carbocycles. The number of carboxylic acids is 1. The second kappa shape index (κ2) is 9.65. The van der Waals surface area contributed by atoms with Crippen molar-refractivity contribution >= 4 is 46.4 Å². The average Bonchev–Trinajstić information content (AvgIpc) is 3.04. The van der Waals surface area contributed by atoms with E-state index in [-0.39, 0.29) is 34.7 Å². The number of nitrogens with zero attached hydrogens (tertiary/aromatic N) is 1. The number of thioether (sulfide) groups is 2. The molecule has 27 heavy (non-hydrogen) atoms. The molecule has 8 nitrogen and oxygen atoms in total. The number of benzene rings is 1. The molecule has 0 saturated carbocycles. The zero-order chi connectivity index (χ0) is 20.0. The van der Waals surface area contributed by atoms with Gasteiger partial charge in [-0.1, -0.05) is 30.0 Å². The first-order valence-electron chi connectivity index (χ1n) is 8.14. The van der Waals surface area contributed by atoms with Crippen LogP contribution in [-0.2, 0) is 19.2 Å². The molecule has 1 heterocycles. The Bertz CT molecular complexity index is 742. The van der Waals surface area contributed by atoms with Crippen LogP contribution in [0.15, 0.2) is 24.3 Å². The number of nitrogens with one attached hydrogen (secondary N) is 1. The summed E-state index contributed by atoms with van der Waals surface area (Å²) in [6.45, 7) is 0.872. The van der Waals surface area contributed by atoms with Gasteiger partial charge in [-0.05, 0) is 6.07 Å². The minimum absolute atomic E-state index is 0.0116. The number of phenols is 1. The third kappa shape index (κ3) is 5.64. The lowest BCUT2D eigenvalue weighted by atomic mass is 10.1. The molecule has 3 N–H and O–H groups in total. The summed E-state index contributed by atoms with van der Waals surface area (Å²) in [5, 5.41) is 20.5. The highest BCUT2D eigenvalue weighted by Crippen LogP contribution is 2.44. The number of rotatable bonds is 7. The van der Waals surface area contributed by atoms with Gasteiger partial charge >= 0.3 is 5.97 Å². The van der Waals surface area contributed by atoms with Gasteiger partial charge in [-0.15, -0.1) is 11.8 Å². The fourth-order valence-electron chi connectivity index (χ4n) is 2.64. The minimum Gasteiger partial charge on any atom is -0.508 e. The maximum absolute atomic E-state index is 12.8. The van der Waals surface area contributed by atoms with Crippen LogP contribution in [0, 0.1) is 0 Å². The Morgan fingerprint density at radius 2 is 2.00 bits per heavy atom. The highest BCUT2D eigenvalue weighted by molar-refractivity contribution is 8.13. The number of aromatic hydroxyl groups is 1. The molecule has 2 rings (SSSR count). The smallest absolute Gasteiger partial charge is 0.322 e. The van der Waals surface area contributed by atoms with Crippen LogP contribution in [0.3, 0.4) is 0 Å². The van der Waals surface area contributed by atoms with Gasteiger partial charge in [0.15, 0.2) is 5.12 Å². The van der Waals surface area contributed by atoms with Crippen molar-refractivity contribution in [3.63, 3.8) is 0 Å². The molecular formula is C17H20N2O6S2. The molecule has 1 aliphatic heterocycles. The maximum Gasteiger partial charge on any atom is 0.322 e. The summed E-state index contributed by atoms with van der Waals surface area (Å²) in [6.07, 6.45) is 0.0532. The number of amides is 2. The SMILES string of the molecule is CC(=O)SCCC(=O)N1[C@@H](c2ccccc2O)SC[C@H]1C(=O)NCC(=O)O. The van der Waals surface area contributed by atoms with E-state index in [0.29, 0.717) is 5.56 Å². The van der Waals surface area contributed by atoms with Gasteiger partial charge in [-0.3, -0.25) is 19.2 Å². The highest BCUT2D eigenvalue weighted by Gasteiger charge is 2.42. The number of carbonyl (C=O) groups is 4. The van der Waals surface area contributed by atoms with Gasteiger partial charge < -0.3 is 20.4 Å². The molecule has 0 unspecified atom stereocenters. The lowest BCUT2D eigenvalue weighted by molar-refractivity contribution is -0.141. The summed E-state index contributed by atoms with van der Waals surface area (Å²) < 4.78 is 0. The third-order valence-electron chi connectivity index (χ3n) is 3.83. The molecule has 146 valence electrons. The topological polar surface area (TPSA) is 124 Å². The fourth-order valence-corrected chi connectivity index (χ4v) is 4.69. The lowest BCUT2D eigenvalue weighted by Crippen LogP contribution is -2.49. The van der Waals surface area contributed by atoms with E-state index in [1.54, 1.807) is 18.2 Å². The summed E-state index contributed by atoms with van der Waals surface area (Å²) >= 11 is 2.34. The molecule has 1 aliphatic rings. The predicted octanol–water partition coefficient (Wildman–Crippen LogP) is 1.21. The van der Waals surface area contributed by atoms with Crippen LogP contribution in [0.1, 0.15) is 24.3 Å². The zero-order valence-corrected chi connectivity index (χ0v) is 16.2. The predicted molar refractivity (Wildman–Crippen MR) is 102 cm³/mol. The van der Waals surface area contributed by atoms with Crippen LogP contribution < -0.4 is 5.32 Å². The molecule has 1 aromatic carbocycles. The number of hydrogen-bond acceptors (Lipinski definition) is 7. The van der Waals surface area contributed by atoms with E-state index in [0.717, 1.165) is 11.8 Å². The van der Waals surface area contributed by atoms with E-state index in [2.05, 4.69) is 5.32 Å². The van der Waals surface area contributed by atoms with Gasteiger partial charge in [0.2, 0.25) is 11.8 Å². The monoisotopic (exact) mass is 412 g/mol. The van der Waals surface area contributed by atoms with Crippen molar-refractivity contribution in [2.75, 3.05) is 18.1 Å². The largest absolute Gasteiger partial charge is 0.508 e. The van der Waals surface area contributed by atoms with Crippen LogP contribution in [0.4, 0.5) is 0 Å². The van der Waals surface area contributed by atoms with E-state index >= 15 is 0 Å². The molecule has 10 heteroatoms. The normalized spacial score (nSPS) is 18.9. The van der Waals surface area contributed by atoms with Crippen LogP contribution in [0.5, 0.6) is 5.75 Å². The summed E-state index contributed by atoms with van der Waals surface area (Å²) in [5.74, 6) is -1.50. The number of hydrogen-bond donors (Lipinski definition) is 3. The van der Waals surface area contributed by atoms with Crippen molar-refractivity contribution in [2.24, 2.45) is 0 Å². The van der Waals surface area contributed by atoms with Crippen molar-refractivity contribution < 1.29 is 29.4 Å². The number of carboxylic acid groups (broad SMARTS) is 1. The Labute approximate surface area is 164 Å². The summed E-state index contributed by atoms with van der Waals surface area (Å²) in [6, 6.07) is 5.71. The third-order valence-corrected chi connectivity index (χ3v) is 5.95. The van der Waals surface area contributed by atoms with E-state index in [1.165, 1.54) is 29.7 Å². The van der Waals surface area contributed by atoms with Crippen LogP contribution in [0.2, 0.25) is 0 Å². The van der Waals surface area contributed by atoms with Gasteiger partial charge in [0.25, 0.3) is 0 Å². The van der Waals surface area contributed by atoms with Crippen molar-refractivity contribution in [1.29, 1.82) is 0 Å². The number of carbonyl (C=O) groups excluding carboxylic acids is 3. The molecule has 2 atom stereocenters. The van der Waals surface area contributed by atoms with Gasteiger partial charge in [0, 0.05) is 30.4 Å². The van der Waals surface area contributed by atoms with Crippen molar-refractivity contribution in [3.05, 3.63) is 29.8 Å². The molecule has 2 amide bonds. The number of phenolic OH excluding ortho intramolecular Hbond substituents is 1. The van der Waals surface area contributed by atoms with Gasteiger partial charge in [0.05, 0.1) is 0 Å². The molecule has 0 aromatic heterocycles. The molecule has 0 spiro atoms. The Morgan fingerprint density at radius 1 is 1.30 bits per heavy atom. The summed E-state index contributed by atoms with van der Waals surface area (Å²) in [4.78, 5) is 48.3. The number of aliphatic carboxylic acids is 1. The van der Waals surface area contributed by atoms with Gasteiger partial charge in [0.1, 0.15) is 23.7 Å². The maximum atomic E-state index is 12.8. The standard InChI is InChI=1S/C17H20N2O6S2/c1-10(20)26-7-6-14(22)19-12(16(25)18-8-15(23)24)9-27-17(19)11-4-2-3-5-13(11)21/h2-5,12,17,21H,6-9H2,1H3,(H,18,25)(H,23,24)/t12-,17+/m0/s1. The van der Waals surface area contributed by atoms with E-state index in [4.69, 9.17) is 5.11 Å². The molecule has 0 radical (unpaired) electrons. The summed E-state index contributed by atoms with van der Waals surface area (Å²) in [7, 11) is 0. The van der Waals surface area contributed by atoms with Crippen LogP contribution in [0.25, 0.3) is 0 Å². The second-order valence-electron chi connectivity index (χ2n) is 5.76. The Hall–Kier alpha value is -2.20. The van der Waals surface area contributed by atoms with Crippen molar-refractivity contribution in [2.45, 2.75) is 24.8 Å². The van der Waals surface area contributed by atoms with Crippen molar-refractivity contribution in [1.82, 2.24) is 10.2 Å². The molecule has 1 fully saturated rings. The molecule has 1 aromatic rings. The van der Waals surface area contributed by atoms with Crippen molar-refractivity contribution in [3.8, 4) is 5.75 Å². The number of para-hydroxylation sites is 1. The van der Waals surface area contributed by atoms with E-state index in [9.17, 15) is 24.3 Å². The summed E-state index contributed by atoms with van der Waals surface area (Å²) in [5.41, 5.74) is 0.503. The second-order valence-corrected chi connectivity index (χ2v) is 8.15. The molecule has 1 saturated heterocycles. The Kier molecular flexibility index (Phi) is 7.55. The zero-order valence-electron chi connectivity index (χ0n) is 14.6. The highest BCUT2D eigenvalue weighted by atomic mass is 32.2. The Balaban J connectivity index is 2.22. The Morgan fingerprint density at radius 3 is 2.63 bits per heavy atom. The average molecular weight is 412 g/mol. The minimum atomic E-state index is -1.18. The van der Waals surface area contributed by atoms with Crippen LogP contribution in [-0.4, -0.2) is 62.1 Å².